The predicted molar refractivity (Wildman–Crippen MR) is 102 cm³/mol. The van der Waals surface area contributed by atoms with Gasteiger partial charge in [-0.25, -0.2) is 4.39 Å². The Morgan fingerprint density at radius 2 is 1.62 bits per heavy atom. The lowest BCUT2D eigenvalue weighted by Gasteiger charge is -2.11. The number of rotatable bonds is 6. The second kappa shape index (κ2) is 7.54. The second-order valence-electron chi connectivity index (χ2n) is 6.52. The van der Waals surface area contributed by atoms with Crippen LogP contribution in [0.3, 0.4) is 0 Å². The molecule has 0 bridgehead atoms. The summed E-state index contributed by atoms with van der Waals surface area (Å²) in [6.07, 6.45) is 0.654. The molecule has 0 fully saturated rings. The highest BCUT2D eigenvalue weighted by atomic mass is 19.1. The van der Waals surface area contributed by atoms with Crippen molar-refractivity contribution in [3.05, 3.63) is 71.5 Å². The number of hydrogen-bond acceptors (Lipinski definition) is 2. The zero-order valence-electron chi connectivity index (χ0n) is 14.9. The first kappa shape index (κ1) is 17.9. The Morgan fingerprint density at radius 3 is 2.19 bits per heavy atom. The van der Waals surface area contributed by atoms with E-state index in [0.29, 0.717) is 17.7 Å². The molecule has 0 saturated carbocycles. The minimum absolute atomic E-state index is 0.298. The number of H-pyrrole nitrogens is 1. The van der Waals surface area contributed by atoms with Crippen LogP contribution in [0.4, 0.5) is 4.39 Å². The summed E-state index contributed by atoms with van der Waals surface area (Å²) in [6, 6.07) is 15.9. The van der Waals surface area contributed by atoms with Crippen molar-refractivity contribution < 1.29 is 9.18 Å². The highest BCUT2D eigenvalue weighted by Crippen LogP contribution is 2.34. The first-order valence-corrected chi connectivity index (χ1v) is 8.48. The molecule has 0 aliphatic carbocycles. The number of carbonyl (C=O) groups is 1. The number of carbonyl (C=O) groups excluding carboxylic acids is 1. The lowest BCUT2D eigenvalue weighted by molar-refractivity contribution is 0.1000. The van der Waals surface area contributed by atoms with Crippen LogP contribution in [0, 0.1) is 5.82 Å². The van der Waals surface area contributed by atoms with Crippen LogP contribution < -0.4 is 5.73 Å². The van der Waals surface area contributed by atoms with Gasteiger partial charge in [0.25, 0.3) is 5.91 Å². The lowest BCUT2D eigenvalue weighted by atomic mass is 9.98. The average Bonchev–Trinajstić information content (AvgIpc) is 3.01. The molecule has 5 heteroatoms. The number of amides is 1. The Kier molecular flexibility index (Phi) is 5.19. The SMILES string of the molecule is CN(C)CCc1c(-c2ccc(F)cc2)[nH]c(-c2ccccc2)c1C(N)=O. The molecule has 0 aliphatic heterocycles. The van der Waals surface area contributed by atoms with Gasteiger partial charge in [-0.05, 0) is 61.5 Å². The van der Waals surface area contributed by atoms with Gasteiger partial charge < -0.3 is 15.6 Å². The summed E-state index contributed by atoms with van der Waals surface area (Å²) >= 11 is 0. The monoisotopic (exact) mass is 351 g/mol. The van der Waals surface area contributed by atoms with Gasteiger partial charge in [-0.3, -0.25) is 4.79 Å². The maximum absolute atomic E-state index is 13.3. The first-order valence-electron chi connectivity index (χ1n) is 8.48. The van der Waals surface area contributed by atoms with Gasteiger partial charge in [0.05, 0.1) is 11.3 Å². The van der Waals surface area contributed by atoms with E-state index in [1.807, 2.05) is 44.4 Å². The topological polar surface area (TPSA) is 62.1 Å². The number of halogens is 1. The largest absolute Gasteiger partial charge is 0.366 e. The van der Waals surface area contributed by atoms with Crippen LogP contribution in [0.15, 0.2) is 54.6 Å². The van der Waals surface area contributed by atoms with Gasteiger partial charge in [0.1, 0.15) is 5.82 Å². The van der Waals surface area contributed by atoms with Crippen LogP contribution in [0.1, 0.15) is 15.9 Å². The molecule has 0 atom stereocenters. The number of aromatic amines is 1. The molecule has 4 nitrogen and oxygen atoms in total. The van der Waals surface area contributed by atoms with E-state index in [-0.39, 0.29) is 5.82 Å². The molecule has 0 aliphatic rings. The number of nitrogens with one attached hydrogen (secondary N) is 1. The molecule has 0 saturated heterocycles. The normalized spacial score (nSPS) is 11.1. The average molecular weight is 351 g/mol. The summed E-state index contributed by atoms with van der Waals surface area (Å²) in [6.45, 7) is 0.764. The molecule has 1 amide bonds. The van der Waals surface area contributed by atoms with Gasteiger partial charge >= 0.3 is 0 Å². The van der Waals surface area contributed by atoms with Crippen molar-refractivity contribution in [2.45, 2.75) is 6.42 Å². The fourth-order valence-corrected chi connectivity index (χ4v) is 3.08. The van der Waals surface area contributed by atoms with Gasteiger partial charge in [-0.2, -0.15) is 0 Å². The molecule has 0 radical (unpaired) electrons. The number of nitrogens with zero attached hydrogens (tertiary/aromatic N) is 1. The summed E-state index contributed by atoms with van der Waals surface area (Å²) < 4.78 is 13.3. The van der Waals surface area contributed by atoms with Gasteiger partial charge in [0, 0.05) is 12.2 Å². The number of hydrogen-bond donors (Lipinski definition) is 2. The third-order valence-corrected chi connectivity index (χ3v) is 4.35. The van der Waals surface area contributed by atoms with E-state index in [9.17, 15) is 9.18 Å². The third-order valence-electron chi connectivity index (χ3n) is 4.35. The molecule has 3 rings (SSSR count). The van der Waals surface area contributed by atoms with Crippen LogP contribution >= 0.6 is 0 Å². The number of likely N-dealkylation sites (N-methyl/N-ethyl adjacent to an activating group) is 1. The van der Waals surface area contributed by atoms with Gasteiger partial charge in [-0.1, -0.05) is 30.3 Å². The number of nitrogens with two attached hydrogens (primary N) is 1. The van der Waals surface area contributed by atoms with E-state index in [1.165, 1.54) is 12.1 Å². The van der Waals surface area contributed by atoms with Gasteiger partial charge in [0.2, 0.25) is 0 Å². The molecular weight excluding hydrogens is 329 g/mol. The van der Waals surface area contributed by atoms with Crippen LogP contribution in [-0.4, -0.2) is 36.4 Å². The Hall–Kier alpha value is -2.92. The Balaban J connectivity index is 2.21. The molecule has 1 aromatic heterocycles. The number of aromatic nitrogens is 1. The zero-order valence-corrected chi connectivity index (χ0v) is 14.9. The predicted octanol–water partition coefficient (Wildman–Crippen LogP) is 3.69. The van der Waals surface area contributed by atoms with E-state index in [2.05, 4.69) is 9.88 Å². The molecular formula is C21H22FN3O. The smallest absolute Gasteiger partial charge is 0.251 e. The van der Waals surface area contributed by atoms with Crippen LogP contribution in [0.5, 0.6) is 0 Å². The van der Waals surface area contributed by atoms with Crippen molar-refractivity contribution >= 4 is 5.91 Å². The fraction of sp³-hybridized carbons (Fsp3) is 0.190. The minimum Gasteiger partial charge on any atom is -0.366 e. The number of primary amides is 1. The van der Waals surface area contributed by atoms with Crippen LogP contribution in [0.25, 0.3) is 22.5 Å². The maximum Gasteiger partial charge on any atom is 0.251 e. The summed E-state index contributed by atoms with van der Waals surface area (Å²) in [5.41, 5.74) is 10.3. The van der Waals surface area contributed by atoms with E-state index >= 15 is 0 Å². The van der Waals surface area contributed by atoms with Crippen molar-refractivity contribution in [1.82, 2.24) is 9.88 Å². The molecule has 2 aromatic carbocycles. The van der Waals surface area contributed by atoms with E-state index in [1.54, 1.807) is 12.1 Å². The summed E-state index contributed by atoms with van der Waals surface area (Å²) in [7, 11) is 3.96. The molecule has 1 heterocycles. The maximum atomic E-state index is 13.3. The van der Waals surface area contributed by atoms with Crippen LogP contribution in [0.2, 0.25) is 0 Å². The van der Waals surface area contributed by atoms with E-state index in [0.717, 1.165) is 28.9 Å². The number of benzene rings is 2. The quantitative estimate of drug-likeness (QED) is 0.711. The van der Waals surface area contributed by atoms with Crippen molar-refractivity contribution in [2.24, 2.45) is 5.73 Å². The minimum atomic E-state index is -0.470. The highest BCUT2D eigenvalue weighted by molar-refractivity contribution is 6.03. The second-order valence-corrected chi connectivity index (χ2v) is 6.52. The highest BCUT2D eigenvalue weighted by Gasteiger charge is 2.23. The van der Waals surface area contributed by atoms with Gasteiger partial charge in [-0.15, -0.1) is 0 Å². The Bertz CT molecular complexity index is 899. The first-order chi connectivity index (χ1) is 12.5. The van der Waals surface area contributed by atoms with Crippen LogP contribution in [-0.2, 0) is 6.42 Å². The molecule has 0 unspecified atom stereocenters. The fourth-order valence-electron chi connectivity index (χ4n) is 3.08. The molecule has 134 valence electrons. The van der Waals surface area contributed by atoms with Crippen molar-refractivity contribution in [2.75, 3.05) is 20.6 Å². The molecule has 3 aromatic rings. The van der Waals surface area contributed by atoms with Crippen molar-refractivity contribution in [1.29, 1.82) is 0 Å². The third kappa shape index (κ3) is 3.68. The summed E-state index contributed by atoms with van der Waals surface area (Å²) in [5, 5.41) is 0. The van der Waals surface area contributed by atoms with Gasteiger partial charge in [0.15, 0.2) is 0 Å². The van der Waals surface area contributed by atoms with Crippen molar-refractivity contribution in [3.63, 3.8) is 0 Å². The molecule has 3 N–H and O–H groups in total. The Labute approximate surface area is 152 Å². The molecule has 0 spiro atoms. The van der Waals surface area contributed by atoms with E-state index < -0.39 is 5.91 Å². The lowest BCUT2D eigenvalue weighted by Crippen LogP contribution is -2.18. The Morgan fingerprint density at radius 1 is 1.00 bits per heavy atom. The zero-order chi connectivity index (χ0) is 18.7. The van der Waals surface area contributed by atoms with E-state index in [4.69, 9.17) is 5.73 Å². The summed E-state index contributed by atoms with van der Waals surface area (Å²) in [4.78, 5) is 17.7. The summed E-state index contributed by atoms with van der Waals surface area (Å²) in [5.74, 6) is -0.768. The van der Waals surface area contributed by atoms with Crippen molar-refractivity contribution in [3.8, 4) is 22.5 Å². The standard InChI is InChI=1S/C21H22FN3O/c1-25(2)13-12-17-18(21(23)26)20(14-6-4-3-5-7-14)24-19(17)15-8-10-16(22)11-9-15/h3-11,24H,12-13H2,1-2H3,(H2,23,26). The molecule has 26 heavy (non-hydrogen) atoms.